The molecule has 19 heteroatoms. The number of rotatable bonds is 10. The predicted octanol–water partition coefficient (Wildman–Crippen LogP) is 0.241. The highest BCUT2D eigenvalue weighted by Crippen LogP contribution is 2.40. The summed E-state index contributed by atoms with van der Waals surface area (Å²) < 4.78 is 1.79. The number of aliphatic carboxylic acids is 2. The highest BCUT2D eigenvalue weighted by molar-refractivity contribution is 8.00. The van der Waals surface area contributed by atoms with Crippen LogP contribution in [0.2, 0.25) is 4.34 Å². The number of carboxylic acid groups (broad SMARTS) is 2. The number of carbonyl (C=O) groups excluding carboxylic acids is 2. The van der Waals surface area contributed by atoms with Gasteiger partial charge in [-0.3, -0.25) is 14.5 Å². The Bertz CT molecular complexity index is 1720. The van der Waals surface area contributed by atoms with Gasteiger partial charge in [-0.05, 0) is 6.92 Å². The van der Waals surface area contributed by atoms with Crippen LogP contribution >= 0.6 is 34.7 Å². The van der Waals surface area contributed by atoms with Crippen molar-refractivity contribution >= 4 is 86.3 Å². The zero-order chi connectivity index (χ0) is 31.2. The van der Waals surface area contributed by atoms with Gasteiger partial charge in [0.25, 0.3) is 11.8 Å². The van der Waals surface area contributed by atoms with E-state index in [1.165, 1.54) is 18.7 Å². The third kappa shape index (κ3) is 5.80. The van der Waals surface area contributed by atoms with Crippen LogP contribution in [0.3, 0.4) is 0 Å². The van der Waals surface area contributed by atoms with Gasteiger partial charge in [-0.1, -0.05) is 28.1 Å². The van der Waals surface area contributed by atoms with Gasteiger partial charge in [-0.15, -0.1) is 11.8 Å². The van der Waals surface area contributed by atoms with Crippen molar-refractivity contribution < 1.29 is 38.8 Å². The summed E-state index contributed by atoms with van der Waals surface area (Å²) in [5.41, 5.74) is 6.89. The van der Waals surface area contributed by atoms with Gasteiger partial charge in [-0.2, -0.15) is 4.57 Å². The maximum atomic E-state index is 13.3. The van der Waals surface area contributed by atoms with Gasteiger partial charge >= 0.3 is 11.9 Å². The van der Waals surface area contributed by atoms with E-state index >= 15 is 0 Å². The number of oxime groups is 1. The number of thiazole rings is 1. The summed E-state index contributed by atoms with van der Waals surface area (Å²) in [5.74, 6) is -3.25. The fourth-order valence-corrected chi connectivity index (χ4v) is 6.63. The van der Waals surface area contributed by atoms with Crippen molar-refractivity contribution in [1.29, 1.82) is 0 Å². The Kier molecular flexibility index (Phi) is 8.17. The fraction of sp³-hybridized carbons (Fsp3) is 0.333. The number of nitrogen functional groups attached to an aromatic ring is 1. The molecule has 3 atom stereocenters. The second-order valence-corrected chi connectivity index (χ2v) is 12.4. The van der Waals surface area contributed by atoms with E-state index in [0.29, 0.717) is 11.5 Å². The number of nitrogens with two attached hydrogens (primary N) is 1. The van der Waals surface area contributed by atoms with Crippen LogP contribution in [-0.2, 0) is 30.6 Å². The summed E-state index contributed by atoms with van der Waals surface area (Å²) in [4.78, 5) is 69.6. The van der Waals surface area contributed by atoms with Gasteiger partial charge < -0.3 is 36.0 Å². The first-order valence-corrected chi connectivity index (χ1v) is 14.8. The van der Waals surface area contributed by atoms with E-state index in [4.69, 9.17) is 27.3 Å². The molecule has 1 fully saturated rings. The number of amides is 2. The highest BCUT2D eigenvalue weighted by atomic mass is 35.5. The topological polar surface area (TPSA) is 220 Å². The number of imidazole rings is 1. The molecule has 1 unspecified atom stereocenters. The van der Waals surface area contributed by atoms with Crippen LogP contribution in [0, 0.1) is 0 Å². The number of β-lactam (4-membered cyclic amide) rings is 1. The van der Waals surface area contributed by atoms with E-state index in [2.05, 4.69) is 25.4 Å². The number of hydrogen-bond donors (Lipinski definition) is 5. The van der Waals surface area contributed by atoms with Crippen LogP contribution in [0.25, 0.3) is 11.0 Å². The van der Waals surface area contributed by atoms with Crippen molar-refractivity contribution in [1.82, 2.24) is 25.2 Å². The standard InChI is InChI=1S/C24H24ClN9O7S2/c1-9(21(37)38)41-31-14(13-17(25)43-23(26)30-13)18(35)29-15-19(36)34-16(22(39)40)10(8-42-20(15)34)6-33-5-4-11-12(7-33)28-24(27-11)32(2)3/h4-5,7,9,15,20H,6,8H2,1-3H3,(H5,26,29,30,35,37,38,39,40)/p+1/t9-,15+,20?/m0/s1. The molecule has 43 heavy (non-hydrogen) atoms. The number of hydrogen-bond acceptors (Lipinski definition) is 12. The van der Waals surface area contributed by atoms with Gasteiger partial charge in [0, 0.05) is 31.5 Å². The summed E-state index contributed by atoms with van der Waals surface area (Å²) in [6.45, 7) is 1.40. The van der Waals surface area contributed by atoms with E-state index in [0.717, 1.165) is 27.3 Å². The molecule has 0 saturated carbocycles. The number of carbonyl (C=O) groups is 4. The lowest BCUT2D eigenvalue weighted by atomic mass is 10.0. The average molecular weight is 651 g/mol. The van der Waals surface area contributed by atoms with E-state index in [1.54, 1.807) is 16.8 Å². The number of thioether (sulfide) groups is 1. The van der Waals surface area contributed by atoms with E-state index in [-0.39, 0.29) is 33.2 Å². The lowest BCUT2D eigenvalue weighted by Crippen LogP contribution is -2.71. The zero-order valence-corrected chi connectivity index (χ0v) is 25.2. The van der Waals surface area contributed by atoms with Crippen LogP contribution in [0.1, 0.15) is 12.6 Å². The molecule has 0 bridgehead atoms. The van der Waals surface area contributed by atoms with Crippen LogP contribution in [0.15, 0.2) is 34.9 Å². The van der Waals surface area contributed by atoms with E-state index in [9.17, 15) is 24.3 Å². The van der Waals surface area contributed by atoms with Gasteiger partial charge in [0.05, 0.1) is 0 Å². The van der Waals surface area contributed by atoms with E-state index < -0.39 is 47.0 Å². The number of carboxylic acids is 2. The normalized spacial score (nSPS) is 19.1. The Labute approximate surface area is 256 Å². The van der Waals surface area contributed by atoms with Gasteiger partial charge in [-0.25, -0.2) is 19.6 Å². The molecule has 3 aromatic rings. The van der Waals surface area contributed by atoms with Crippen LogP contribution in [0.4, 0.5) is 11.1 Å². The number of pyridine rings is 1. The Balaban J connectivity index is 1.36. The number of H-pyrrole nitrogens is 1. The maximum Gasteiger partial charge on any atom is 0.352 e. The SMILES string of the molecule is C[C@H](ON=C(C(=O)N[C@@H]1C(=O)N2C(C(=O)O)=C(C[n+]3ccc4nc(N(C)C)[nH]c4c3)CSC12)c1nc(N)sc1Cl)C(=O)O. The summed E-state index contributed by atoms with van der Waals surface area (Å²) >= 11 is 8.30. The minimum absolute atomic E-state index is 0.00363. The monoisotopic (exact) mass is 650 g/mol. The molecule has 0 aromatic carbocycles. The maximum absolute atomic E-state index is 13.3. The van der Waals surface area contributed by atoms with E-state index in [1.807, 2.05) is 25.2 Å². The molecule has 0 aliphatic carbocycles. The molecule has 0 spiro atoms. The quantitative estimate of drug-likeness (QED) is 0.0862. The smallest absolute Gasteiger partial charge is 0.352 e. The van der Waals surface area contributed by atoms with Crippen molar-refractivity contribution in [2.45, 2.75) is 31.0 Å². The largest absolute Gasteiger partial charge is 0.478 e. The lowest BCUT2D eigenvalue weighted by molar-refractivity contribution is -0.687. The van der Waals surface area contributed by atoms with Crippen LogP contribution in [-0.4, -0.2) is 96.9 Å². The Hall–Kier alpha value is -4.42. The first-order valence-electron chi connectivity index (χ1n) is 12.5. The highest BCUT2D eigenvalue weighted by Gasteiger charge is 2.55. The number of fused-ring (bicyclic) bond motifs is 2. The molecule has 2 amide bonds. The van der Waals surface area contributed by atoms with Crippen molar-refractivity contribution in [2.75, 3.05) is 30.5 Å². The van der Waals surface area contributed by atoms with Crippen LogP contribution in [0.5, 0.6) is 0 Å². The van der Waals surface area contributed by atoms with Crippen molar-refractivity contribution in [3.8, 4) is 0 Å². The number of nitrogens with one attached hydrogen (secondary N) is 2. The fourth-order valence-electron chi connectivity index (χ4n) is 4.36. The number of aromatic nitrogens is 4. The molecule has 1 saturated heterocycles. The first-order chi connectivity index (χ1) is 20.3. The molecule has 0 radical (unpaired) electrons. The molecular weight excluding hydrogens is 626 g/mol. The summed E-state index contributed by atoms with van der Waals surface area (Å²) in [6.07, 6.45) is 2.18. The summed E-state index contributed by atoms with van der Waals surface area (Å²) in [6, 6.07) is 0.699. The van der Waals surface area contributed by atoms with Crippen molar-refractivity contribution in [2.24, 2.45) is 5.16 Å². The lowest BCUT2D eigenvalue weighted by Gasteiger charge is -2.49. The number of anilines is 2. The number of aromatic amines is 1. The molecule has 16 nitrogen and oxygen atoms in total. The molecular formula is C24H25ClN9O7S2+. The summed E-state index contributed by atoms with van der Waals surface area (Å²) in [7, 11) is 3.72. The minimum atomic E-state index is -1.41. The Morgan fingerprint density at radius 3 is 2.74 bits per heavy atom. The second kappa shape index (κ2) is 11.7. The predicted molar refractivity (Wildman–Crippen MR) is 157 cm³/mol. The molecule has 2 aliphatic rings. The Morgan fingerprint density at radius 2 is 2.12 bits per heavy atom. The average Bonchev–Trinajstić information content (AvgIpc) is 3.53. The first kappa shape index (κ1) is 30.1. The molecule has 6 N–H and O–H groups in total. The number of nitrogens with zero attached hydrogens (tertiary/aromatic N) is 6. The van der Waals surface area contributed by atoms with Gasteiger partial charge in [0.2, 0.25) is 12.1 Å². The third-order valence-electron chi connectivity index (χ3n) is 6.49. The third-order valence-corrected chi connectivity index (χ3v) is 8.92. The van der Waals surface area contributed by atoms with Crippen molar-refractivity contribution in [3.05, 3.63) is 39.8 Å². The molecule has 5 heterocycles. The molecule has 2 aliphatic heterocycles. The second-order valence-electron chi connectivity index (χ2n) is 9.69. The number of halogens is 1. The van der Waals surface area contributed by atoms with Gasteiger partial charge in [0.1, 0.15) is 38.2 Å². The molecule has 5 rings (SSSR count). The van der Waals surface area contributed by atoms with Crippen LogP contribution < -0.4 is 20.5 Å². The zero-order valence-electron chi connectivity index (χ0n) is 22.8. The molecule has 226 valence electrons. The Morgan fingerprint density at radius 1 is 1.37 bits per heavy atom. The minimum Gasteiger partial charge on any atom is -0.478 e. The van der Waals surface area contributed by atoms with Gasteiger partial charge in [0.15, 0.2) is 29.8 Å². The van der Waals surface area contributed by atoms with Crippen molar-refractivity contribution in [3.63, 3.8) is 0 Å². The molecule has 3 aromatic heterocycles. The summed E-state index contributed by atoms with van der Waals surface area (Å²) in [5, 5.41) is 24.7.